The van der Waals surface area contributed by atoms with E-state index in [4.69, 9.17) is 4.74 Å². The first kappa shape index (κ1) is 11.7. The van der Waals surface area contributed by atoms with E-state index in [1.807, 2.05) is 12.1 Å². The Labute approximate surface area is 103 Å². The highest BCUT2D eigenvalue weighted by molar-refractivity contribution is 5.30. The van der Waals surface area contributed by atoms with Crippen LogP contribution in [0.4, 0.5) is 0 Å². The molecule has 1 heteroatoms. The summed E-state index contributed by atoms with van der Waals surface area (Å²) in [6.45, 7) is 6.93. The first-order valence-corrected chi connectivity index (χ1v) is 5.90. The summed E-state index contributed by atoms with van der Waals surface area (Å²) in [6, 6.07) is 14.7. The largest absolute Gasteiger partial charge is 0.489 e. The van der Waals surface area contributed by atoms with Crippen molar-refractivity contribution in [3.63, 3.8) is 0 Å². The molecule has 0 aromatic heterocycles. The summed E-state index contributed by atoms with van der Waals surface area (Å²) in [7, 11) is 0. The molecule has 2 aromatic rings. The van der Waals surface area contributed by atoms with Crippen LogP contribution in [-0.4, -0.2) is 0 Å². The van der Waals surface area contributed by atoms with E-state index in [1.54, 1.807) is 0 Å². The molecular weight excluding hydrogens is 208 g/mol. The monoisotopic (exact) mass is 226 g/mol. The number of aryl methyl sites for hydroxylation is 3. The van der Waals surface area contributed by atoms with Crippen LogP contribution in [0.15, 0.2) is 42.5 Å². The van der Waals surface area contributed by atoms with Gasteiger partial charge in [-0.2, -0.15) is 0 Å². The van der Waals surface area contributed by atoms with Crippen LogP contribution in [0.25, 0.3) is 0 Å². The van der Waals surface area contributed by atoms with Gasteiger partial charge in [0.2, 0.25) is 0 Å². The lowest BCUT2D eigenvalue weighted by Gasteiger charge is -2.08. The molecule has 0 atom stereocenters. The Morgan fingerprint density at radius 2 is 1.35 bits per heavy atom. The van der Waals surface area contributed by atoms with E-state index in [1.165, 1.54) is 22.3 Å². The Hall–Kier alpha value is -1.76. The summed E-state index contributed by atoms with van der Waals surface area (Å²) in [4.78, 5) is 0. The fourth-order valence-corrected chi connectivity index (χ4v) is 1.95. The molecular formula is C16H18O. The summed E-state index contributed by atoms with van der Waals surface area (Å²) < 4.78 is 5.76. The molecule has 0 saturated heterocycles. The van der Waals surface area contributed by atoms with Gasteiger partial charge in [0.05, 0.1) is 0 Å². The summed E-state index contributed by atoms with van der Waals surface area (Å²) in [5.41, 5.74) is 5.05. The molecule has 2 aromatic carbocycles. The fourth-order valence-electron chi connectivity index (χ4n) is 1.95. The van der Waals surface area contributed by atoms with Crippen LogP contribution in [0.2, 0.25) is 0 Å². The molecule has 0 aliphatic rings. The van der Waals surface area contributed by atoms with Crippen molar-refractivity contribution >= 4 is 0 Å². The maximum absolute atomic E-state index is 5.76. The van der Waals surface area contributed by atoms with E-state index in [2.05, 4.69) is 51.1 Å². The van der Waals surface area contributed by atoms with E-state index >= 15 is 0 Å². The molecule has 0 bridgehead atoms. The van der Waals surface area contributed by atoms with Gasteiger partial charge in [-0.1, -0.05) is 47.0 Å². The highest BCUT2D eigenvalue weighted by Gasteiger charge is 1.98. The molecule has 1 nitrogen and oxygen atoms in total. The van der Waals surface area contributed by atoms with Crippen LogP contribution in [0.3, 0.4) is 0 Å². The van der Waals surface area contributed by atoms with Crippen LogP contribution in [0.1, 0.15) is 22.3 Å². The van der Waals surface area contributed by atoms with Gasteiger partial charge in [-0.05, 0) is 38.5 Å². The molecule has 0 N–H and O–H groups in total. The summed E-state index contributed by atoms with van der Waals surface area (Å²) in [6.07, 6.45) is 0. The molecule has 0 spiro atoms. The Morgan fingerprint density at radius 1 is 0.765 bits per heavy atom. The van der Waals surface area contributed by atoms with Gasteiger partial charge in [0.25, 0.3) is 0 Å². The molecule has 0 aliphatic heterocycles. The van der Waals surface area contributed by atoms with E-state index in [9.17, 15) is 0 Å². The second kappa shape index (κ2) is 5.05. The summed E-state index contributed by atoms with van der Waals surface area (Å²) in [5, 5.41) is 0. The van der Waals surface area contributed by atoms with Gasteiger partial charge in [0.1, 0.15) is 12.4 Å². The highest BCUT2D eigenvalue weighted by atomic mass is 16.5. The first-order chi connectivity index (χ1) is 8.13. The minimum Gasteiger partial charge on any atom is -0.489 e. The molecule has 17 heavy (non-hydrogen) atoms. The number of rotatable bonds is 3. The quantitative estimate of drug-likeness (QED) is 0.762. The fraction of sp³-hybridized carbons (Fsp3) is 0.250. The van der Waals surface area contributed by atoms with Crippen molar-refractivity contribution in [2.75, 3.05) is 0 Å². The van der Waals surface area contributed by atoms with E-state index in [-0.39, 0.29) is 0 Å². The molecule has 0 radical (unpaired) electrons. The van der Waals surface area contributed by atoms with Crippen molar-refractivity contribution < 1.29 is 4.74 Å². The average molecular weight is 226 g/mol. The summed E-state index contributed by atoms with van der Waals surface area (Å²) in [5.74, 6) is 0.926. The predicted octanol–water partition coefficient (Wildman–Crippen LogP) is 4.19. The predicted molar refractivity (Wildman–Crippen MR) is 71.4 cm³/mol. The Morgan fingerprint density at radius 3 is 1.94 bits per heavy atom. The minimum absolute atomic E-state index is 0.631. The van der Waals surface area contributed by atoms with Crippen molar-refractivity contribution in [2.45, 2.75) is 27.4 Å². The van der Waals surface area contributed by atoms with E-state index in [0.29, 0.717) is 6.61 Å². The third-order valence-corrected chi connectivity index (χ3v) is 2.71. The highest BCUT2D eigenvalue weighted by Crippen LogP contribution is 2.15. The number of hydrogen-bond donors (Lipinski definition) is 0. The molecule has 2 rings (SSSR count). The normalized spacial score (nSPS) is 10.3. The summed E-state index contributed by atoms with van der Waals surface area (Å²) >= 11 is 0. The van der Waals surface area contributed by atoms with Crippen LogP contribution in [0, 0.1) is 20.8 Å². The van der Waals surface area contributed by atoms with Gasteiger partial charge < -0.3 is 4.74 Å². The van der Waals surface area contributed by atoms with Crippen molar-refractivity contribution in [1.29, 1.82) is 0 Å². The van der Waals surface area contributed by atoms with Gasteiger partial charge in [0.15, 0.2) is 0 Å². The zero-order chi connectivity index (χ0) is 12.3. The van der Waals surface area contributed by atoms with Crippen LogP contribution in [0.5, 0.6) is 5.75 Å². The molecule has 0 aliphatic carbocycles. The third kappa shape index (κ3) is 3.35. The minimum atomic E-state index is 0.631. The standard InChI is InChI=1S/C16H18O/c1-12-4-6-16(7-5-12)17-11-15-9-13(2)8-14(3)10-15/h4-10H,11H2,1-3H3. The molecule has 88 valence electrons. The van der Waals surface area contributed by atoms with Crippen LogP contribution in [-0.2, 0) is 6.61 Å². The van der Waals surface area contributed by atoms with Gasteiger partial charge in [-0.15, -0.1) is 0 Å². The Balaban J connectivity index is 2.04. The Bertz CT molecular complexity index is 477. The lowest BCUT2D eigenvalue weighted by Crippen LogP contribution is -1.96. The Kier molecular flexibility index (Phi) is 3.48. The van der Waals surface area contributed by atoms with E-state index in [0.717, 1.165) is 5.75 Å². The van der Waals surface area contributed by atoms with Crippen molar-refractivity contribution in [3.8, 4) is 5.75 Å². The molecule has 0 amide bonds. The molecule has 0 saturated carbocycles. The van der Waals surface area contributed by atoms with Crippen LogP contribution < -0.4 is 4.74 Å². The first-order valence-electron chi connectivity index (χ1n) is 5.90. The number of benzene rings is 2. The second-order valence-corrected chi connectivity index (χ2v) is 4.60. The van der Waals surface area contributed by atoms with Gasteiger partial charge in [-0.3, -0.25) is 0 Å². The smallest absolute Gasteiger partial charge is 0.119 e. The number of hydrogen-bond acceptors (Lipinski definition) is 1. The van der Waals surface area contributed by atoms with Gasteiger partial charge in [0, 0.05) is 0 Å². The zero-order valence-corrected chi connectivity index (χ0v) is 10.7. The molecule has 0 unspecified atom stereocenters. The third-order valence-electron chi connectivity index (χ3n) is 2.71. The van der Waals surface area contributed by atoms with Gasteiger partial charge >= 0.3 is 0 Å². The molecule has 0 fully saturated rings. The molecule has 0 heterocycles. The van der Waals surface area contributed by atoms with Crippen LogP contribution >= 0.6 is 0 Å². The van der Waals surface area contributed by atoms with Crippen molar-refractivity contribution in [3.05, 3.63) is 64.7 Å². The number of ether oxygens (including phenoxy) is 1. The maximum atomic E-state index is 5.76. The maximum Gasteiger partial charge on any atom is 0.119 e. The second-order valence-electron chi connectivity index (χ2n) is 4.60. The zero-order valence-electron chi connectivity index (χ0n) is 10.7. The van der Waals surface area contributed by atoms with Crippen molar-refractivity contribution in [1.82, 2.24) is 0 Å². The van der Waals surface area contributed by atoms with Crippen molar-refractivity contribution in [2.24, 2.45) is 0 Å². The SMILES string of the molecule is Cc1ccc(OCc2cc(C)cc(C)c2)cc1. The van der Waals surface area contributed by atoms with Gasteiger partial charge in [-0.25, -0.2) is 0 Å². The van der Waals surface area contributed by atoms with E-state index < -0.39 is 0 Å². The topological polar surface area (TPSA) is 9.23 Å². The lowest BCUT2D eigenvalue weighted by atomic mass is 10.1. The average Bonchev–Trinajstić information content (AvgIpc) is 2.27. The lowest BCUT2D eigenvalue weighted by molar-refractivity contribution is 0.306.